The molecule has 1 aromatic heterocycles. The largest absolute Gasteiger partial charge is 0.368 e. The number of aromatic nitrogens is 1. The summed E-state index contributed by atoms with van der Waals surface area (Å²) in [4.78, 5) is 0. The normalized spacial score (nSPS) is 10.7. The quantitative estimate of drug-likeness (QED) is 0.853. The molecule has 0 saturated carbocycles. The second kappa shape index (κ2) is 3.92. The molecule has 2 rings (SSSR count). The highest BCUT2D eigenvalue weighted by atomic mass is 19.1. The molecule has 3 nitrogen and oxygen atoms in total. The Morgan fingerprint density at radius 2 is 2.00 bits per heavy atom. The van der Waals surface area contributed by atoms with Gasteiger partial charge < -0.3 is 10.3 Å². The fraction of sp³-hybridized carbons (Fsp3) is 0.182. The van der Waals surface area contributed by atoms with E-state index in [1.807, 2.05) is 0 Å². The van der Waals surface area contributed by atoms with Crippen molar-refractivity contribution in [1.29, 1.82) is 0 Å². The van der Waals surface area contributed by atoms with Gasteiger partial charge in [-0.2, -0.15) is 0 Å². The van der Waals surface area contributed by atoms with Crippen LogP contribution < -0.4 is 5.73 Å². The van der Waals surface area contributed by atoms with Crippen LogP contribution in [0.2, 0.25) is 0 Å². The predicted molar refractivity (Wildman–Crippen MR) is 55.6 cm³/mol. The molecular weight excluding hydrogens is 214 g/mol. The summed E-state index contributed by atoms with van der Waals surface area (Å²) < 4.78 is 31.4. The Morgan fingerprint density at radius 3 is 2.56 bits per heavy atom. The number of anilines is 1. The van der Waals surface area contributed by atoms with Crippen LogP contribution in [0.4, 0.5) is 14.7 Å². The van der Waals surface area contributed by atoms with Crippen molar-refractivity contribution >= 4 is 5.88 Å². The van der Waals surface area contributed by atoms with Crippen LogP contribution in [0.15, 0.2) is 22.7 Å². The highest BCUT2D eigenvalue weighted by Gasteiger charge is 2.13. The summed E-state index contributed by atoms with van der Waals surface area (Å²) in [5, 5.41) is 3.59. The van der Waals surface area contributed by atoms with Crippen molar-refractivity contribution in [3.8, 4) is 11.3 Å². The van der Waals surface area contributed by atoms with E-state index in [2.05, 4.69) is 9.68 Å². The Bertz CT molecular complexity index is 523. The number of benzene rings is 1. The third-order valence-electron chi connectivity index (χ3n) is 2.32. The first-order valence-electron chi connectivity index (χ1n) is 4.82. The Morgan fingerprint density at radius 1 is 1.25 bits per heavy atom. The van der Waals surface area contributed by atoms with E-state index in [0.717, 1.165) is 6.07 Å². The van der Waals surface area contributed by atoms with Crippen molar-refractivity contribution in [2.45, 2.75) is 13.3 Å². The molecule has 0 aliphatic carbocycles. The minimum Gasteiger partial charge on any atom is -0.368 e. The molecule has 0 atom stereocenters. The number of nitrogens with two attached hydrogens (primary N) is 1. The van der Waals surface area contributed by atoms with Gasteiger partial charge in [-0.25, -0.2) is 8.78 Å². The number of nitrogens with zero attached hydrogens (tertiary/aromatic N) is 1. The van der Waals surface area contributed by atoms with Crippen LogP contribution in [0.1, 0.15) is 12.5 Å². The van der Waals surface area contributed by atoms with Crippen molar-refractivity contribution in [1.82, 2.24) is 5.16 Å². The fourth-order valence-electron chi connectivity index (χ4n) is 1.48. The van der Waals surface area contributed by atoms with Gasteiger partial charge in [-0.1, -0.05) is 12.1 Å². The van der Waals surface area contributed by atoms with Gasteiger partial charge in [0.15, 0.2) is 0 Å². The number of hydrogen-bond donors (Lipinski definition) is 1. The summed E-state index contributed by atoms with van der Waals surface area (Å²) in [6.45, 7) is 1.79. The van der Waals surface area contributed by atoms with E-state index in [1.54, 1.807) is 6.92 Å². The summed E-state index contributed by atoms with van der Waals surface area (Å²) in [6, 6.07) is 3.66. The van der Waals surface area contributed by atoms with Crippen LogP contribution in [-0.2, 0) is 6.42 Å². The first-order chi connectivity index (χ1) is 7.61. The van der Waals surface area contributed by atoms with Crippen LogP contribution >= 0.6 is 0 Å². The van der Waals surface area contributed by atoms with E-state index in [-0.39, 0.29) is 17.1 Å². The van der Waals surface area contributed by atoms with Crippen molar-refractivity contribution in [3.63, 3.8) is 0 Å². The maximum atomic E-state index is 13.5. The summed E-state index contributed by atoms with van der Waals surface area (Å²) >= 11 is 0. The summed E-state index contributed by atoms with van der Waals surface area (Å²) in [5.74, 6) is -1.14. The monoisotopic (exact) mass is 224 g/mol. The Labute approximate surface area is 90.9 Å². The lowest BCUT2D eigenvalue weighted by atomic mass is 10.1. The Kier molecular flexibility index (Phi) is 2.60. The molecule has 2 aromatic rings. The lowest BCUT2D eigenvalue weighted by molar-refractivity contribution is 0.438. The molecule has 0 amide bonds. The van der Waals surface area contributed by atoms with Gasteiger partial charge in [0, 0.05) is 17.7 Å². The Hall–Kier alpha value is -1.91. The van der Waals surface area contributed by atoms with Crippen molar-refractivity contribution < 1.29 is 13.3 Å². The van der Waals surface area contributed by atoms with Crippen molar-refractivity contribution in [3.05, 3.63) is 35.4 Å². The maximum absolute atomic E-state index is 13.5. The third kappa shape index (κ3) is 1.76. The molecule has 0 spiro atoms. The van der Waals surface area contributed by atoms with E-state index < -0.39 is 11.6 Å². The first-order valence-corrected chi connectivity index (χ1v) is 4.82. The average Bonchev–Trinajstić information content (AvgIpc) is 2.65. The SMILES string of the molecule is CCc1cc(-c2cc(N)on2)c(F)cc1F. The lowest BCUT2D eigenvalue weighted by Crippen LogP contribution is -1.93. The fourth-order valence-corrected chi connectivity index (χ4v) is 1.48. The Balaban J connectivity index is 2.56. The highest BCUT2D eigenvalue weighted by molar-refractivity contribution is 5.62. The van der Waals surface area contributed by atoms with E-state index in [9.17, 15) is 8.78 Å². The molecule has 0 fully saturated rings. The molecule has 2 N–H and O–H groups in total. The molecular formula is C11H10F2N2O. The lowest BCUT2D eigenvalue weighted by Gasteiger charge is -2.03. The van der Waals surface area contributed by atoms with Gasteiger partial charge in [-0.05, 0) is 18.1 Å². The number of nitrogen functional groups attached to an aromatic ring is 1. The van der Waals surface area contributed by atoms with E-state index in [4.69, 9.17) is 5.73 Å². The van der Waals surface area contributed by atoms with E-state index in [0.29, 0.717) is 12.0 Å². The van der Waals surface area contributed by atoms with Gasteiger partial charge in [0.1, 0.15) is 17.3 Å². The molecule has 0 bridgehead atoms. The molecule has 0 aliphatic heterocycles. The molecule has 5 heteroatoms. The minimum absolute atomic E-state index is 0.0942. The molecule has 1 aromatic carbocycles. The van der Waals surface area contributed by atoms with Crippen LogP contribution in [-0.4, -0.2) is 5.16 Å². The molecule has 0 unspecified atom stereocenters. The summed E-state index contributed by atoms with van der Waals surface area (Å²) in [7, 11) is 0. The summed E-state index contributed by atoms with van der Waals surface area (Å²) in [6.07, 6.45) is 0.479. The zero-order valence-corrected chi connectivity index (χ0v) is 8.63. The van der Waals surface area contributed by atoms with Gasteiger partial charge in [0.2, 0.25) is 5.88 Å². The van der Waals surface area contributed by atoms with Gasteiger partial charge in [-0.15, -0.1) is 0 Å². The first kappa shape index (κ1) is 10.6. The van der Waals surface area contributed by atoms with Crippen molar-refractivity contribution in [2.75, 3.05) is 5.73 Å². The van der Waals surface area contributed by atoms with Crippen LogP contribution in [0.3, 0.4) is 0 Å². The highest BCUT2D eigenvalue weighted by Crippen LogP contribution is 2.26. The number of halogens is 2. The second-order valence-electron chi connectivity index (χ2n) is 3.39. The topological polar surface area (TPSA) is 52.0 Å². The zero-order valence-electron chi connectivity index (χ0n) is 8.63. The molecule has 0 radical (unpaired) electrons. The van der Waals surface area contributed by atoms with Gasteiger partial charge in [0.05, 0.1) is 0 Å². The van der Waals surface area contributed by atoms with Crippen molar-refractivity contribution in [2.24, 2.45) is 0 Å². The van der Waals surface area contributed by atoms with E-state index in [1.165, 1.54) is 12.1 Å². The number of aryl methyl sites for hydroxylation is 1. The second-order valence-corrected chi connectivity index (χ2v) is 3.39. The number of hydrogen-bond acceptors (Lipinski definition) is 3. The average molecular weight is 224 g/mol. The van der Waals surface area contributed by atoms with E-state index >= 15 is 0 Å². The van der Waals surface area contributed by atoms with Gasteiger partial charge in [0.25, 0.3) is 0 Å². The minimum atomic E-state index is -0.678. The number of rotatable bonds is 2. The van der Waals surface area contributed by atoms with Crippen LogP contribution in [0, 0.1) is 11.6 Å². The molecule has 0 aliphatic rings. The van der Waals surface area contributed by atoms with Crippen LogP contribution in [0.5, 0.6) is 0 Å². The third-order valence-corrected chi connectivity index (χ3v) is 2.32. The maximum Gasteiger partial charge on any atom is 0.222 e. The summed E-state index contributed by atoms with van der Waals surface area (Å²) in [5.41, 5.74) is 6.23. The molecule has 16 heavy (non-hydrogen) atoms. The standard InChI is InChI=1S/C11H10F2N2O/c1-2-6-3-7(9(13)4-8(6)12)10-5-11(14)16-15-10/h3-5H,2,14H2,1H3. The molecule has 0 saturated heterocycles. The van der Waals surface area contributed by atoms with Crippen LogP contribution in [0.25, 0.3) is 11.3 Å². The zero-order chi connectivity index (χ0) is 11.7. The smallest absolute Gasteiger partial charge is 0.222 e. The van der Waals surface area contributed by atoms with Gasteiger partial charge in [-0.3, -0.25) is 0 Å². The molecule has 1 heterocycles. The predicted octanol–water partition coefficient (Wildman–Crippen LogP) is 2.76. The molecule has 84 valence electrons. The van der Waals surface area contributed by atoms with Gasteiger partial charge >= 0.3 is 0 Å².